The number of nitrogens with one attached hydrogen (secondary N) is 1. The average molecular weight is 427 g/mol. The van der Waals surface area contributed by atoms with Gasteiger partial charge in [-0.05, 0) is 50.3 Å². The molecule has 2 heterocycles. The van der Waals surface area contributed by atoms with Gasteiger partial charge in [0.25, 0.3) is 5.91 Å². The van der Waals surface area contributed by atoms with Crippen LogP contribution in [-0.4, -0.2) is 35.6 Å². The third-order valence-electron chi connectivity index (χ3n) is 5.43. The minimum Gasteiger partial charge on any atom is -0.321 e. The number of benzene rings is 1. The molecule has 1 aliphatic carbocycles. The van der Waals surface area contributed by atoms with Crippen LogP contribution in [0.1, 0.15) is 52.6 Å². The summed E-state index contributed by atoms with van der Waals surface area (Å²) < 4.78 is 64.1. The van der Waals surface area contributed by atoms with Crippen LogP contribution in [0, 0.1) is 0 Å². The van der Waals surface area contributed by atoms with Gasteiger partial charge < -0.3 is 5.32 Å². The number of hydrogen-bond acceptors (Lipinski definition) is 4. The van der Waals surface area contributed by atoms with E-state index < -0.39 is 27.5 Å². The van der Waals surface area contributed by atoms with Crippen molar-refractivity contribution >= 4 is 21.4 Å². The fraction of sp³-hybridized carbons (Fsp3) is 0.474. The number of halogens is 3. The third-order valence-corrected chi connectivity index (χ3v) is 7.18. The summed E-state index contributed by atoms with van der Waals surface area (Å²) in [5.74, 6) is -0.490. The van der Waals surface area contributed by atoms with E-state index in [4.69, 9.17) is 0 Å². The second-order valence-corrected chi connectivity index (χ2v) is 9.74. The molecule has 1 saturated heterocycles. The van der Waals surface area contributed by atoms with Gasteiger partial charge in [-0.2, -0.15) is 18.3 Å². The molecule has 1 unspecified atom stereocenters. The largest absolute Gasteiger partial charge is 0.416 e. The molecule has 6 nitrogen and oxygen atoms in total. The first kappa shape index (κ1) is 19.9. The first-order valence-corrected chi connectivity index (χ1v) is 11.3. The maximum absolute atomic E-state index is 12.9. The Balaban J connectivity index is 1.64. The standard InChI is InChI=1S/C19H20F3N3O3S/c20-19(21,22)12-4-3-5-13(10-12)23-18(26)17-15-6-1-2-7-16(15)25(24-17)14-8-9-29(27,28)11-14/h3-5,10,14H,1-2,6-9,11H2,(H,23,26). The fourth-order valence-electron chi connectivity index (χ4n) is 4.04. The molecule has 156 valence electrons. The second-order valence-electron chi connectivity index (χ2n) is 7.52. The molecule has 2 aliphatic rings. The molecular formula is C19H20F3N3O3S. The first-order valence-electron chi connectivity index (χ1n) is 9.43. The smallest absolute Gasteiger partial charge is 0.321 e. The van der Waals surface area contributed by atoms with Crippen LogP contribution in [0.3, 0.4) is 0 Å². The van der Waals surface area contributed by atoms with Gasteiger partial charge in [0, 0.05) is 16.9 Å². The van der Waals surface area contributed by atoms with Gasteiger partial charge in [0.05, 0.1) is 23.1 Å². The Labute approximate surface area is 166 Å². The van der Waals surface area contributed by atoms with E-state index in [-0.39, 0.29) is 28.9 Å². The Bertz CT molecular complexity index is 1060. The van der Waals surface area contributed by atoms with E-state index >= 15 is 0 Å². The van der Waals surface area contributed by atoms with Gasteiger partial charge in [-0.1, -0.05) is 6.07 Å². The highest BCUT2D eigenvalue weighted by atomic mass is 32.2. The van der Waals surface area contributed by atoms with Crippen LogP contribution in [0.2, 0.25) is 0 Å². The Morgan fingerprint density at radius 2 is 1.97 bits per heavy atom. The number of carbonyl (C=O) groups is 1. The van der Waals surface area contributed by atoms with Crippen LogP contribution in [-0.2, 0) is 28.9 Å². The Morgan fingerprint density at radius 1 is 1.21 bits per heavy atom. The quantitative estimate of drug-likeness (QED) is 0.814. The van der Waals surface area contributed by atoms with Gasteiger partial charge in [0.1, 0.15) is 0 Å². The highest BCUT2D eigenvalue weighted by Crippen LogP contribution is 2.33. The molecule has 0 spiro atoms. The van der Waals surface area contributed by atoms with Crippen LogP contribution >= 0.6 is 0 Å². The minimum absolute atomic E-state index is 0.00416. The molecular weight excluding hydrogens is 407 g/mol. The second kappa shape index (κ2) is 7.16. The Kier molecular flexibility index (Phi) is 4.92. The number of nitrogens with zero attached hydrogens (tertiary/aromatic N) is 2. The number of anilines is 1. The Hall–Kier alpha value is -2.36. The SMILES string of the molecule is O=C(Nc1cccc(C(F)(F)F)c1)c1nn(C2CCS(=O)(=O)C2)c2c1CCCC2. The molecule has 0 bridgehead atoms. The molecule has 1 N–H and O–H groups in total. The molecule has 1 fully saturated rings. The van der Waals surface area contributed by atoms with Gasteiger partial charge in [-0.3, -0.25) is 9.48 Å². The lowest BCUT2D eigenvalue weighted by atomic mass is 9.95. The lowest BCUT2D eigenvalue weighted by molar-refractivity contribution is -0.137. The van der Waals surface area contributed by atoms with Crippen LogP contribution < -0.4 is 5.32 Å². The number of aromatic nitrogens is 2. The molecule has 0 saturated carbocycles. The zero-order valence-corrected chi connectivity index (χ0v) is 16.3. The van der Waals surface area contributed by atoms with E-state index in [1.807, 2.05) is 0 Å². The van der Waals surface area contributed by atoms with E-state index in [2.05, 4.69) is 10.4 Å². The lowest BCUT2D eigenvalue weighted by Gasteiger charge is -2.17. The molecule has 1 aliphatic heterocycles. The summed E-state index contributed by atoms with van der Waals surface area (Å²) in [6, 6.07) is 4.13. The van der Waals surface area contributed by atoms with E-state index in [0.29, 0.717) is 19.3 Å². The molecule has 1 aromatic carbocycles. The molecule has 10 heteroatoms. The van der Waals surface area contributed by atoms with Crippen molar-refractivity contribution in [2.75, 3.05) is 16.8 Å². The van der Waals surface area contributed by atoms with Crippen molar-refractivity contribution in [3.63, 3.8) is 0 Å². The van der Waals surface area contributed by atoms with E-state index in [0.717, 1.165) is 36.2 Å². The number of alkyl halides is 3. The molecule has 1 atom stereocenters. The zero-order chi connectivity index (χ0) is 20.8. The van der Waals surface area contributed by atoms with Crippen LogP contribution in [0.5, 0.6) is 0 Å². The predicted octanol–water partition coefficient (Wildman–Crippen LogP) is 3.39. The van der Waals surface area contributed by atoms with E-state index in [1.165, 1.54) is 12.1 Å². The minimum atomic E-state index is -4.50. The van der Waals surface area contributed by atoms with Crippen molar-refractivity contribution < 1.29 is 26.4 Å². The maximum Gasteiger partial charge on any atom is 0.416 e. The summed E-state index contributed by atoms with van der Waals surface area (Å²) in [5, 5.41) is 6.93. The summed E-state index contributed by atoms with van der Waals surface area (Å²) in [7, 11) is -3.12. The summed E-state index contributed by atoms with van der Waals surface area (Å²) >= 11 is 0. The van der Waals surface area contributed by atoms with Crippen LogP contribution in [0.15, 0.2) is 24.3 Å². The van der Waals surface area contributed by atoms with Gasteiger partial charge >= 0.3 is 6.18 Å². The summed E-state index contributed by atoms with van der Waals surface area (Å²) in [4.78, 5) is 12.8. The third kappa shape index (κ3) is 4.03. The normalized spacial score (nSPS) is 21.0. The van der Waals surface area contributed by atoms with Crippen LogP contribution in [0.25, 0.3) is 0 Å². The van der Waals surface area contributed by atoms with Crippen molar-refractivity contribution in [2.24, 2.45) is 0 Å². The highest BCUT2D eigenvalue weighted by molar-refractivity contribution is 7.91. The molecule has 29 heavy (non-hydrogen) atoms. The van der Waals surface area contributed by atoms with Crippen molar-refractivity contribution in [2.45, 2.75) is 44.3 Å². The van der Waals surface area contributed by atoms with E-state index in [1.54, 1.807) is 4.68 Å². The van der Waals surface area contributed by atoms with Gasteiger partial charge in [-0.25, -0.2) is 8.42 Å². The molecule has 1 amide bonds. The van der Waals surface area contributed by atoms with Crippen molar-refractivity contribution in [3.8, 4) is 0 Å². The number of amides is 1. The predicted molar refractivity (Wildman–Crippen MR) is 101 cm³/mol. The van der Waals surface area contributed by atoms with Crippen molar-refractivity contribution in [1.82, 2.24) is 9.78 Å². The molecule has 4 rings (SSSR count). The summed E-state index contributed by atoms with van der Waals surface area (Å²) in [6.07, 6.45) is -0.908. The van der Waals surface area contributed by atoms with E-state index in [9.17, 15) is 26.4 Å². The summed E-state index contributed by atoms with van der Waals surface area (Å²) in [5.41, 5.74) is 0.991. The zero-order valence-electron chi connectivity index (χ0n) is 15.5. The van der Waals surface area contributed by atoms with Gasteiger partial charge in [0.2, 0.25) is 0 Å². The molecule has 2 aromatic rings. The number of fused-ring (bicyclic) bond motifs is 1. The van der Waals surface area contributed by atoms with Crippen LogP contribution in [0.4, 0.5) is 18.9 Å². The highest BCUT2D eigenvalue weighted by Gasteiger charge is 2.35. The van der Waals surface area contributed by atoms with Gasteiger partial charge in [0.15, 0.2) is 15.5 Å². The molecule has 1 aromatic heterocycles. The lowest BCUT2D eigenvalue weighted by Crippen LogP contribution is -2.17. The maximum atomic E-state index is 12.9. The van der Waals surface area contributed by atoms with Gasteiger partial charge in [-0.15, -0.1) is 0 Å². The first-order chi connectivity index (χ1) is 13.6. The van der Waals surface area contributed by atoms with Crippen molar-refractivity contribution in [1.29, 1.82) is 0 Å². The molecule has 0 radical (unpaired) electrons. The number of carbonyl (C=O) groups excluding carboxylic acids is 1. The number of hydrogen-bond donors (Lipinski definition) is 1. The number of rotatable bonds is 3. The fourth-order valence-corrected chi connectivity index (χ4v) is 5.73. The average Bonchev–Trinajstić information content (AvgIpc) is 3.21. The number of sulfone groups is 1. The Morgan fingerprint density at radius 3 is 2.66 bits per heavy atom. The summed E-state index contributed by atoms with van der Waals surface area (Å²) in [6.45, 7) is 0. The topological polar surface area (TPSA) is 81.1 Å². The monoisotopic (exact) mass is 427 g/mol. The van der Waals surface area contributed by atoms with Crippen molar-refractivity contribution in [3.05, 3.63) is 46.8 Å².